The van der Waals surface area contributed by atoms with Crippen LogP contribution in [0.2, 0.25) is 0 Å². The molecule has 2 aliphatic rings. The van der Waals surface area contributed by atoms with Crippen molar-refractivity contribution in [2.75, 3.05) is 26.2 Å². The Morgan fingerprint density at radius 3 is 2.53 bits per heavy atom. The molecular weight excluding hydrogens is 192 g/mol. The van der Waals surface area contributed by atoms with Crippen LogP contribution in [0, 0.1) is 5.92 Å². The summed E-state index contributed by atoms with van der Waals surface area (Å²) in [6.45, 7) is 7.38. The SMILES string of the molecule is C[C@@H]1CN(C(=O)[C@@H]2CCNC2)C[C@H](C)O1. The summed E-state index contributed by atoms with van der Waals surface area (Å²) in [6.07, 6.45) is 1.33. The number of carbonyl (C=O) groups excluding carboxylic acids is 1. The maximum absolute atomic E-state index is 12.1. The molecule has 4 nitrogen and oxygen atoms in total. The molecule has 0 aromatic heterocycles. The molecule has 1 N–H and O–H groups in total. The number of nitrogens with zero attached hydrogens (tertiary/aromatic N) is 1. The van der Waals surface area contributed by atoms with Gasteiger partial charge in [-0.25, -0.2) is 0 Å². The highest BCUT2D eigenvalue weighted by molar-refractivity contribution is 5.79. The van der Waals surface area contributed by atoms with E-state index in [0.717, 1.165) is 32.6 Å². The zero-order valence-electron chi connectivity index (χ0n) is 9.53. The van der Waals surface area contributed by atoms with Crippen molar-refractivity contribution in [1.82, 2.24) is 10.2 Å². The van der Waals surface area contributed by atoms with Gasteiger partial charge in [0.1, 0.15) is 0 Å². The Bertz CT molecular complexity index is 229. The molecule has 4 heteroatoms. The average Bonchev–Trinajstić information content (AvgIpc) is 2.67. The summed E-state index contributed by atoms with van der Waals surface area (Å²) in [6, 6.07) is 0. The lowest BCUT2D eigenvalue weighted by Crippen LogP contribution is -2.50. The Morgan fingerprint density at radius 1 is 1.33 bits per heavy atom. The van der Waals surface area contributed by atoms with E-state index in [2.05, 4.69) is 5.32 Å². The van der Waals surface area contributed by atoms with Crippen LogP contribution in [-0.4, -0.2) is 49.2 Å². The average molecular weight is 212 g/mol. The quantitative estimate of drug-likeness (QED) is 0.676. The molecule has 0 bridgehead atoms. The molecule has 86 valence electrons. The number of nitrogens with one attached hydrogen (secondary N) is 1. The third kappa shape index (κ3) is 2.49. The van der Waals surface area contributed by atoms with E-state index in [9.17, 15) is 4.79 Å². The molecular formula is C11H20N2O2. The molecule has 0 unspecified atom stereocenters. The van der Waals surface area contributed by atoms with Crippen LogP contribution in [0.5, 0.6) is 0 Å². The molecule has 2 fully saturated rings. The van der Waals surface area contributed by atoms with E-state index in [0.29, 0.717) is 5.91 Å². The summed E-state index contributed by atoms with van der Waals surface area (Å²) >= 11 is 0. The van der Waals surface area contributed by atoms with Crippen LogP contribution in [0.4, 0.5) is 0 Å². The van der Waals surface area contributed by atoms with Gasteiger partial charge in [0.25, 0.3) is 0 Å². The minimum Gasteiger partial charge on any atom is -0.372 e. The second kappa shape index (κ2) is 4.49. The monoisotopic (exact) mass is 212 g/mol. The number of morpholine rings is 1. The Labute approximate surface area is 91.0 Å². The van der Waals surface area contributed by atoms with Gasteiger partial charge in [-0.15, -0.1) is 0 Å². The van der Waals surface area contributed by atoms with Crippen LogP contribution in [-0.2, 0) is 9.53 Å². The van der Waals surface area contributed by atoms with Crippen LogP contribution < -0.4 is 5.32 Å². The van der Waals surface area contributed by atoms with Crippen molar-refractivity contribution in [2.24, 2.45) is 5.92 Å². The van der Waals surface area contributed by atoms with Gasteiger partial charge in [-0.3, -0.25) is 4.79 Å². The van der Waals surface area contributed by atoms with Gasteiger partial charge >= 0.3 is 0 Å². The largest absolute Gasteiger partial charge is 0.372 e. The van der Waals surface area contributed by atoms with Crippen molar-refractivity contribution in [3.05, 3.63) is 0 Å². The zero-order valence-corrected chi connectivity index (χ0v) is 9.53. The molecule has 0 aromatic carbocycles. The van der Waals surface area contributed by atoms with E-state index in [4.69, 9.17) is 4.74 Å². The molecule has 3 atom stereocenters. The first kappa shape index (κ1) is 10.9. The summed E-state index contributed by atoms with van der Waals surface area (Å²) in [4.78, 5) is 14.1. The summed E-state index contributed by atoms with van der Waals surface area (Å²) in [7, 11) is 0. The van der Waals surface area contributed by atoms with Gasteiger partial charge in [-0.1, -0.05) is 0 Å². The van der Waals surface area contributed by atoms with Gasteiger partial charge in [0.05, 0.1) is 18.1 Å². The fraction of sp³-hybridized carbons (Fsp3) is 0.909. The van der Waals surface area contributed by atoms with Crippen LogP contribution in [0.1, 0.15) is 20.3 Å². The van der Waals surface area contributed by atoms with E-state index >= 15 is 0 Å². The molecule has 1 amide bonds. The van der Waals surface area contributed by atoms with Gasteiger partial charge in [-0.05, 0) is 26.8 Å². The Balaban J connectivity index is 1.93. The van der Waals surface area contributed by atoms with Crippen LogP contribution >= 0.6 is 0 Å². The minimum atomic E-state index is 0.173. The predicted molar refractivity (Wildman–Crippen MR) is 57.6 cm³/mol. The lowest BCUT2D eigenvalue weighted by Gasteiger charge is -2.36. The van der Waals surface area contributed by atoms with Crippen LogP contribution in [0.15, 0.2) is 0 Å². The van der Waals surface area contributed by atoms with Gasteiger partial charge in [0.2, 0.25) is 5.91 Å². The van der Waals surface area contributed by atoms with E-state index in [-0.39, 0.29) is 18.1 Å². The number of rotatable bonds is 1. The molecule has 2 aliphatic heterocycles. The molecule has 15 heavy (non-hydrogen) atoms. The number of hydrogen-bond acceptors (Lipinski definition) is 3. The maximum Gasteiger partial charge on any atom is 0.227 e. The van der Waals surface area contributed by atoms with E-state index in [1.807, 2.05) is 18.7 Å². The number of carbonyl (C=O) groups is 1. The third-order valence-corrected chi connectivity index (χ3v) is 3.14. The summed E-state index contributed by atoms with van der Waals surface area (Å²) in [5, 5.41) is 3.24. The van der Waals surface area contributed by atoms with E-state index in [1.54, 1.807) is 0 Å². The highest BCUT2D eigenvalue weighted by atomic mass is 16.5. The molecule has 0 radical (unpaired) electrons. The third-order valence-electron chi connectivity index (χ3n) is 3.14. The molecule has 2 rings (SSSR count). The number of ether oxygens (including phenoxy) is 1. The first-order chi connectivity index (χ1) is 7.16. The summed E-state index contributed by atoms with van der Waals surface area (Å²) in [5.74, 6) is 0.504. The molecule has 0 aliphatic carbocycles. The fourth-order valence-electron chi connectivity index (χ4n) is 2.48. The van der Waals surface area contributed by atoms with Gasteiger partial charge < -0.3 is 15.0 Å². The number of amides is 1. The van der Waals surface area contributed by atoms with Gasteiger partial charge in [0, 0.05) is 19.6 Å². The van der Waals surface area contributed by atoms with Crippen molar-refractivity contribution < 1.29 is 9.53 Å². The molecule has 0 aromatic rings. The van der Waals surface area contributed by atoms with E-state index < -0.39 is 0 Å². The first-order valence-electron chi connectivity index (χ1n) is 5.82. The van der Waals surface area contributed by atoms with Crippen molar-refractivity contribution in [2.45, 2.75) is 32.5 Å². The Hall–Kier alpha value is -0.610. The summed E-state index contributed by atoms with van der Waals surface area (Å²) in [5.41, 5.74) is 0. The highest BCUT2D eigenvalue weighted by Gasteiger charge is 2.31. The van der Waals surface area contributed by atoms with Crippen LogP contribution in [0.3, 0.4) is 0 Å². The Kier molecular flexibility index (Phi) is 3.26. The van der Waals surface area contributed by atoms with Crippen LogP contribution in [0.25, 0.3) is 0 Å². The first-order valence-corrected chi connectivity index (χ1v) is 5.82. The maximum atomic E-state index is 12.1. The summed E-state index contributed by atoms with van der Waals surface area (Å²) < 4.78 is 5.62. The zero-order chi connectivity index (χ0) is 10.8. The lowest BCUT2D eigenvalue weighted by atomic mass is 10.1. The van der Waals surface area contributed by atoms with E-state index in [1.165, 1.54) is 0 Å². The van der Waals surface area contributed by atoms with Crippen molar-refractivity contribution in [3.8, 4) is 0 Å². The molecule has 2 saturated heterocycles. The van der Waals surface area contributed by atoms with Crippen molar-refractivity contribution in [1.29, 1.82) is 0 Å². The second-order valence-electron chi connectivity index (χ2n) is 4.69. The number of hydrogen-bond donors (Lipinski definition) is 1. The normalized spacial score (nSPS) is 36.9. The fourth-order valence-corrected chi connectivity index (χ4v) is 2.48. The van der Waals surface area contributed by atoms with Gasteiger partial charge in [-0.2, -0.15) is 0 Å². The minimum absolute atomic E-state index is 0.173. The van der Waals surface area contributed by atoms with Gasteiger partial charge in [0.15, 0.2) is 0 Å². The van der Waals surface area contributed by atoms with Crippen molar-refractivity contribution >= 4 is 5.91 Å². The standard InChI is InChI=1S/C11H20N2O2/c1-8-6-13(7-9(2)15-8)11(14)10-3-4-12-5-10/h8-10,12H,3-7H2,1-2H3/t8-,9+,10-/m1/s1. The smallest absolute Gasteiger partial charge is 0.227 e. The molecule has 0 spiro atoms. The molecule has 2 heterocycles. The second-order valence-corrected chi connectivity index (χ2v) is 4.69. The van der Waals surface area contributed by atoms with Crippen molar-refractivity contribution in [3.63, 3.8) is 0 Å². The predicted octanol–water partition coefficient (Wildman–Crippen LogP) is 0.232. The molecule has 0 saturated carbocycles. The highest BCUT2D eigenvalue weighted by Crippen LogP contribution is 2.17. The lowest BCUT2D eigenvalue weighted by molar-refractivity contribution is -0.146. The topological polar surface area (TPSA) is 41.6 Å². The Morgan fingerprint density at radius 2 is 2.00 bits per heavy atom.